The van der Waals surface area contributed by atoms with Crippen molar-refractivity contribution in [2.24, 2.45) is 0 Å². The Morgan fingerprint density at radius 2 is 2.35 bits per heavy atom. The molecular formula is C13H16N2O2. The molecule has 0 radical (unpaired) electrons. The van der Waals surface area contributed by atoms with Crippen LogP contribution in [0.15, 0.2) is 24.3 Å². The molecule has 2 rings (SSSR count). The molecule has 1 fully saturated rings. The topological polar surface area (TPSA) is 54.3 Å². The first kappa shape index (κ1) is 11.9. The van der Waals surface area contributed by atoms with E-state index < -0.39 is 0 Å². The zero-order chi connectivity index (χ0) is 11.9. The van der Waals surface area contributed by atoms with Crippen LogP contribution in [0.3, 0.4) is 0 Å². The molecule has 0 saturated carbocycles. The lowest BCUT2D eigenvalue weighted by molar-refractivity contribution is 0.0455. The molecule has 1 saturated heterocycles. The van der Waals surface area contributed by atoms with Gasteiger partial charge in [-0.3, -0.25) is 0 Å². The smallest absolute Gasteiger partial charge is 0.120 e. The number of nitrogens with zero attached hydrogens (tertiary/aromatic N) is 1. The number of hydrogen-bond acceptors (Lipinski definition) is 4. The fourth-order valence-electron chi connectivity index (χ4n) is 1.80. The molecule has 1 atom stereocenters. The third kappa shape index (κ3) is 3.74. The van der Waals surface area contributed by atoms with E-state index in [4.69, 9.17) is 14.7 Å². The molecule has 0 amide bonds. The third-order valence-electron chi connectivity index (χ3n) is 2.68. The molecule has 4 nitrogen and oxygen atoms in total. The summed E-state index contributed by atoms with van der Waals surface area (Å²) in [5.41, 5.74) is 0.614. The maximum atomic E-state index is 8.74. The molecule has 0 spiro atoms. The summed E-state index contributed by atoms with van der Waals surface area (Å²) in [7, 11) is 0. The maximum Gasteiger partial charge on any atom is 0.120 e. The second-order valence-corrected chi connectivity index (χ2v) is 3.97. The molecule has 1 aliphatic heterocycles. The van der Waals surface area contributed by atoms with E-state index in [-0.39, 0.29) is 0 Å². The van der Waals surface area contributed by atoms with Gasteiger partial charge in [0.1, 0.15) is 12.4 Å². The van der Waals surface area contributed by atoms with Gasteiger partial charge in [-0.25, -0.2) is 0 Å². The van der Waals surface area contributed by atoms with Crippen molar-refractivity contribution in [3.8, 4) is 11.8 Å². The van der Waals surface area contributed by atoms with Crippen molar-refractivity contribution in [1.82, 2.24) is 5.32 Å². The van der Waals surface area contributed by atoms with Gasteiger partial charge in [-0.05, 0) is 31.2 Å². The van der Waals surface area contributed by atoms with Crippen LogP contribution in [0.25, 0.3) is 0 Å². The predicted molar refractivity (Wildman–Crippen MR) is 63.9 cm³/mol. The molecule has 1 heterocycles. The predicted octanol–water partition coefficient (Wildman–Crippen LogP) is 1.32. The van der Waals surface area contributed by atoms with Crippen LogP contribution in [0.2, 0.25) is 0 Å². The SMILES string of the molecule is N#Cc1cccc(OCCO[C@H]2CCNC2)c1. The summed E-state index contributed by atoms with van der Waals surface area (Å²) in [5, 5.41) is 12.0. The first-order chi connectivity index (χ1) is 8.38. The van der Waals surface area contributed by atoms with E-state index in [0.29, 0.717) is 24.9 Å². The van der Waals surface area contributed by atoms with Gasteiger partial charge in [-0.1, -0.05) is 6.07 Å². The number of ether oxygens (including phenoxy) is 2. The molecule has 0 aromatic heterocycles. The van der Waals surface area contributed by atoms with Crippen molar-refractivity contribution < 1.29 is 9.47 Å². The van der Waals surface area contributed by atoms with E-state index in [1.165, 1.54) is 0 Å². The van der Waals surface area contributed by atoms with Gasteiger partial charge in [0.05, 0.1) is 24.3 Å². The summed E-state index contributed by atoms with van der Waals surface area (Å²) in [6, 6.07) is 9.23. The minimum Gasteiger partial charge on any atom is -0.491 e. The van der Waals surface area contributed by atoms with Crippen LogP contribution in [0.4, 0.5) is 0 Å². The van der Waals surface area contributed by atoms with Crippen molar-refractivity contribution in [3.05, 3.63) is 29.8 Å². The summed E-state index contributed by atoms with van der Waals surface area (Å²) >= 11 is 0. The second-order valence-electron chi connectivity index (χ2n) is 3.97. The highest BCUT2D eigenvalue weighted by Crippen LogP contribution is 2.12. The lowest BCUT2D eigenvalue weighted by Crippen LogP contribution is -2.19. The third-order valence-corrected chi connectivity index (χ3v) is 2.68. The fourth-order valence-corrected chi connectivity index (χ4v) is 1.80. The van der Waals surface area contributed by atoms with Crippen LogP contribution in [-0.4, -0.2) is 32.4 Å². The minimum absolute atomic E-state index is 0.323. The standard InChI is InChI=1S/C13H16N2O2/c14-9-11-2-1-3-12(8-11)16-6-7-17-13-4-5-15-10-13/h1-3,8,13,15H,4-7,10H2/t13-/m0/s1. The summed E-state index contributed by atoms with van der Waals surface area (Å²) in [4.78, 5) is 0. The quantitative estimate of drug-likeness (QED) is 0.778. The molecule has 0 aliphatic carbocycles. The van der Waals surface area contributed by atoms with E-state index in [0.717, 1.165) is 25.3 Å². The molecule has 4 heteroatoms. The highest BCUT2D eigenvalue weighted by atomic mass is 16.5. The zero-order valence-electron chi connectivity index (χ0n) is 9.69. The number of nitrogens with one attached hydrogen (secondary N) is 1. The van der Waals surface area contributed by atoms with Gasteiger partial charge in [-0.2, -0.15) is 5.26 Å². The van der Waals surface area contributed by atoms with Gasteiger partial charge < -0.3 is 14.8 Å². The maximum absolute atomic E-state index is 8.74. The van der Waals surface area contributed by atoms with Crippen LogP contribution < -0.4 is 10.1 Å². The molecular weight excluding hydrogens is 216 g/mol. The lowest BCUT2D eigenvalue weighted by atomic mass is 10.2. The van der Waals surface area contributed by atoms with E-state index in [1.54, 1.807) is 12.1 Å². The van der Waals surface area contributed by atoms with Crippen molar-refractivity contribution in [2.75, 3.05) is 26.3 Å². The van der Waals surface area contributed by atoms with E-state index in [1.807, 2.05) is 12.1 Å². The fraction of sp³-hybridized carbons (Fsp3) is 0.462. The Balaban J connectivity index is 1.68. The molecule has 1 N–H and O–H groups in total. The average molecular weight is 232 g/mol. The molecule has 17 heavy (non-hydrogen) atoms. The summed E-state index contributed by atoms with van der Waals surface area (Å²) < 4.78 is 11.1. The van der Waals surface area contributed by atoms with E-state index in [2.05, 4.69) is 11.4 Å². The Hall–Kier alpha value is -1.57. The Bertz CT molecular complexity index is 395. The number of nitriles is 1. The van der Waals surface area contributed by atoms with Gasteiger partial charge in [-0.15, -0.1) is 0 Å². The molecule has 0 bridgehead atoms. The summed E-state index contributed by atoms with van der Waals surface area (Å²) in [5.74, 6) is 0.720. The summed E-state index contributed by atoms with van der Waals surface area (Å²) in [6.45, 7) is 3.08. The van der Waals surface area contributed by atoms with Crippen molar-refractivity contribution in [2.45, 2.75) is 12.5 Å². The van der Waals surface area contributed by atoms with Crippen molar-refractivity contribution in [3.63, 3.8) is 0 Å². The zero-order valence-corrected chi connectivity index (χ0v) is 9.69. The average Bonchev–Trinajstić information content (AvgIpc) is 2.88. The van der Waals surface area contributed by atoms with Crippen LogP contribution in [0.5, 0.6) is 5.75 Å². The van der Waals surface area contributed by atoms with Crippen LogP contribution in [0.1, 0.15) is 12.0 Å². The number of benzene rings is 1. The van der Waals surface area contributed by atoms with Gasteiger partial charge in [0.25, 0.3) is 0 Å². The van der Waals surface area contributed by atoms with Crippen LogP contribution in [-0.2, 0) is 4.74 Å². The largest absolute Gasteiger partial charge is 0.491 e. The molecule has 1 aliphatic rings. The van der Waals surface area contributed by atoms with Crippen molar-refractivity contribution >= 4 is 0 Å². The van der Waals surface area contributed by atoms with Gasteiger partial charge in [0, 0.05) is 6.54 Å². The lowest BCUT2D eigenvalue weighted by Gasteiger charge is -2.11. The molecule has 90 valence electrons. The number of rotatable bonds is 5. The van der Waals surface area contributed by atoms with Crippen LogP contribution >= 0.6 is 0 Å². The van der Waals surface area contributed by atoms with Crippen LogP contribution in [0, 0.1) is 11.3 Å². The Kier molecular flexibility index (Phi) is 4.37. The monoisotopic (exact) mass is 232 g/mol. The highest BCUT2D eigenvalue weighted by Gasteiger charge is 2.13. The first-order valence-corrected chi connectivity index (χ1v) is 5.84. The van der Waals surface area contributed by atoms with E-state index in [9.17, 15) is 0 Å². The second kappa shape index (κ2) is 6.24. The highest BCUT2D eigenvalue weighted by molar-refractivity contribution is 5.36. The molecule has 0 unspecified atom stereocenters. The summed E-state index contributed by atoms with van der Waals surface area (Å²) in [6.07, 6.45) is 1.40. The van der Waals surface area contributed by atoms with Gasteiger partial charge in [0.15, 0.2) is 0 Å². The first-order valence-electron chi connectivity index (χ1n) is 5.84. The Labute approximate surface area is 101 Å². The number of hydrogen-bond donors (Lipinski definition) is 1. The normalized spacial score (nSPS) is 18.9. The van der Waals surface area contributed by atoms with Crippen molar-refractivity contribution in [1.29, 1.82) is 5.26 Å². The van der Waals surface area contributed by atoms with Gasteiger partial charge >= 0.3 is 0 Å². The van der Waals surface area contributed by atoms with E-state index >= 15 is 0 Å². The van der Waals surface area contributed by atoms with Gasteiger partial charge in [0.2, 0.25) is 0 Å². The Morgan fingerprint density at radius 3 is 3.12 bits per heavy atom. The molecule has 1 aromatic carbocycles. The molecule has 1 aromatic rings. The minimum atomic E-state index is 0.323. The Morgan fingerprint density at radius 1 is 1.41 bits per heavy atom.